The van der Waals surface area contributed by atoms with Gasteiger partial charge in [-0.15, -0.1) is 0 Å². The van der Waals surface area contributed by atoms with Gasteiger partial charge in [-0.05, 0) is 97.2 Å². The zero-order valence-corrected chi connectivity index (χ0v) is 33.2. The van der Waals surface area contributed by atoms with Gasteiger partial charge in [-0.2, -0.15) is 0 Å². The number of carboxylic acid groups (broad SMARTS) is 1. The van der Waals surface area contributed by atoms with Crippen molar-refractivity contribution in [3.8, 4) is 0 Å². The van der Waals surface area contributed by atoms with Gasteiger partial charge < -0.3 is 30.3 Å². The van der Waals surface area contributed by atoms with E-state index in [2.05, 4.69) is 81.1 Å². The summed E-state index contributed by atoms with van der Waals surface area (Å²) in [5, 5.41) is 14.9. The van der Waals surface area contributed by atoms with Crippen molar-refractivity contribution >= 4 is 23.9 Å². The number of carbonyl (C=O) groups is 4. The number of carboxylic acids is 1. The Labute approximate surface area is 317 Å². The minimum atomic E-state index is -1.06. The summed E-state index contributed by atoms with van der Waals surface area (Å²) in [5.41, 5.74) is 2.09. The van der Waals surface area contributed by atoms with Gasteiger partial charge in [-0.3, -0.25) is 14.5 Å². The maximum atomic E-state index is 14.1. The van der Waals surface area contributed by atoms with Crippen LogP contribution < -0.4 is 10.6 Å². The summed E-state index contributed by atoms with van der Waals surface area (Å²) < 4.78 is 4.99. The second-order valence-electron chi connectivity index (χ2n) is 15.6. The second-order valence-corrected chi connectivity index (χ2v) is 15.6. The van der Waals surface area contributed by atoms with E-state index in [1.807, 2.05) is 6.92 Å². The number of amides is 3. The first kappa shape index (κ1) is 43.4. The molecule has 3 N–H and O–H groups in total. The molecule has 11 heteroatoms. The van der Waals surface area contributed by atoms with Crippen LogP contribution in [0.25, 0.3) is 0 Å². The Morgan fingerprint density at radius 3 is 1.91 bits per heavy atom. The fourth-order valence-corrected chi connectivity index (χ4v) is 6.87. The van der Waals surface area contributed by atoms with Gasteiger partial charge in [0.2, 0.25) is 11.8 Å². The van der Waals surface area contributed by atoms with E-state index in [1.54, 1.807) is 27.8 Å². The summed E-state index contributed by atoms with van der Waals surface area (Å²) in [6.07, 6.45) is 8.96. The molecule has 2 aromatic rings. The number of hydrogen-bond donors (Lipinski definition) is 3. The van der Waals surface area contributed by atoms with E-state index in [-0.39, 0.29) is 29.8 Å². The fraction of sp³-hybridized carbons (Fsp3) is 0.619. The molecule has 2 fully saturated rings. The third-order valence-electron chi connectivity index (χ3n) is 10.4. The molecule has 294 valence electrons. The molecule has 4 rings (SSSR count). The molecule has 1 aliphatic carbocycles. The first-order valence-corrected chi connectivity index (χ1v) is 19.5. The number of benzene rings is 2. The van der Waals surface area contributed by atoms with E-state index in [9.17, 15) is 19.2 Å². The van der Waals surface area contributed by atoms with E-state index in [0.717, 1.165) is 82.4 Å². The predicted octanol–water partition coefficient (Wildman–Crippen LogP) is 5.76. The molecule has 0 bridgehead atoms. The Kier molecular flexibility index (Phi) is 17.8. The molecule has 0 aromatic heterocycles. The van der Waals surface area contributed by atoms with Gasteiger partial charge >= 0.3 is 12.1 Å². The van der Waals surface area contributed by atoms with Crippen LogP contribution in [0.15, 0.2) is 60.7 Å². The Morgan fingerprint density at radius 1 is 0.868 bits per heavy atom. The number of carbonyl (C=O) groups excluding carboxylic acids is 3. The topological polar surface area (TPSA) is 132 Å². The summed E-state index contributed by atoms with van der Waals surface area (Å²) in [6, 6.07) is 19.9. The van der Waals surface area contributed by atoms with Crippen LogP contribution in [0, 0.1) is 5.92 Å². The largest absolute Gasteiger partial charge is 0.480 e. The summed E-state index contributed by atoms with van der Waals surface area (Å²) in [4.78, 5) is 54.6. The van der Waals surface area contributed by atoms with E-state index in [0.29, 0.717) is 0 Å². The molecule has 2 aromatic carbocycles. The van der Waals surface area contributed by atoms with Crippen LogP contribution in [-0.4, -0.2) is 114 Å². The normalized spacial score (nSPS) is 18.0. The molecular weight excluding hydrogens is 670 g/mol. The van der Waals surface area contributed by atoms with Crippen molar-refractivity contribution < 1.29 is 29.0 Å². The number of nitrogens with zero attached hydrogens (tertiary/aromatic N) is 3. The second kappa shape index (κ2) is 21.7. The van der Waals surface area contributed by atoms with Crippen LogP contribution in [0.1, 0.15) is 90.7 Å². The minimum Gasteiger partial charge on any atom is -0.480 e. The molecule has 0 unspecified atom stereocenters. The van der Waals surface area contributed by atoms with Crippen LogP contribution in [-0.2, 0) is 32.0 Å². The van der Waals surface area contributed by atoms with E-state index >= 15 is 0 Å². The Balaban J connectivity index is 0.000000458. The molecular formula is C42H65N5O6. The summed E-state index contributed by atoms with van der Waals surface area (Å²) in [6.45, 7) is 12.1. The maximum Gasteiger partial charge on any atom is 0.410 e. The summed E-state index contributed by atoms with van der Waals surface area (Å²) in [5.74, 6) is -0.775. The van der Waals surface area contributed by atoms with E-state index in [4.69, 9.17) is 9.84 Å². The number of hydrogen-bond acceptors (Lipinski definition) is 7. The summed E-state index contributed by atoms with van der Waals surface area (Å²) >= 11 is 0. The predicted molar refractivity (Wildman–Crippen MR) is 210 cm³/mol. The van der Waals surface area contributed by atoms with Gasteiger partial charge in [-0.25, -0.2) is 9.59 Å². The molecule has 3 amide bonds. The molecule has 1 aliphatic heterocycles. The van der Waals surface area contributed by atoms with Gasteiger partial charge in [-0.1, -0.05) is 79.9 Å². The first-order chi connectivity index (χ1) is 25.2. The molecule has 1 saturated heterocycles. The molecule has 1 saturated carbocycles. The standard InChI is InChI=1S/C33H48N4O2.C9H17NO4/c1-26(34-2)32(38)35-31(29-17-10-5-11-18-29)33(39)37-22-12-19-30(37)25-36(23-20-27-13-6-3-7-14-27)24-21-28-15-8-4-9-16-28;1-6(7(11)12)10(5)8(13)14-9(2,3)4/h3-4,6-9,13-16,26,29-31,34H,5,10-12,17-25H2,1-2H3,(H,35,38);6H,1-5H3,(H,11,12)/t26-,30-,31-;6-/m00/s1. The molecule has 53 heavy (non-hydrogen) atoms. The molecule has 11 nitrogen and oxygen atoms in total. The number of rotatable bonds is 15. The van der Waals surface area contributed by atoms with Crippen molar-refractivity contribution in [2.24, 2.45) is 5.92 Å². The Hall–Kier alpha value is -3.96. The van der Waals surface area contributed by atoms with Crippen molar-refractivity contribution in [3.63, 3.8) is 0 Å². The lowest BCUT2D eigenvalue weighted by Gasteiger charge is -2.37. The number of nitrogens with one attached hydrogen (secondary N) is 2. The van der Waals surface area contributed by atoms with Gasteiger partial charge in [0.1, 0.15) is 17.7 Å². The molecule has 2 aliphatic rings. The molecule has 1 heterocycles. The monoisotopic (exact) mass is 735 g/mol. The van der Waals surface area contributed by atoms with Crippen molar-refractivity contribution in [2.45, 2.75) is 122 Å². The lowest BCUT2D eigenvalue weighted by molar-refractivity contribution is -0.142. The van der Waals surface area contributed by atoms with Crippen molar-refractivity contribution in [2.75, 3.05) is 40.3 Å². The Morgan fingerprint density at radius 2 is 1.42 bits per heavy atom. The molecule has 0 radical (unpaired) electrons. The minimum absolute atomic E-state index is 0.0791. The zero-order valence-electron chi connectivity index (χ0n) is 33.2. The zero-order chi connectivity index (χ0) is 39.0. The van der Waals surface area contributed by atoms with Gasteiger partial charge in [0, 0.05) is 39.3 Å². The summed E-state index contributed by atoms with van der Waals surface area (Å²) in [7, 11) is 3.19. The van der Waals surface area contributed by atoms with Gasteiger partial charge in [0.15, 0.2) is 0 Å². The third kappa shape index (κ3) is 14.8. The highest BCUT2D eigenvalue weighted by atomic mass is 16.6. The van der Waals surface area contributed by atoms with Crippen LogP contribution in [0.2, 0.25) is 0 Å². The number of likely N-dealkylation sites (tertiary alicyclic amines) is 1. The highest BCUT2D eigenvalue weighted by molar-refractivity contribution is 5.90. The average molecular weight is 736 g/mol. The fourth-order valence-electron chi connectivity index (χ4n) is 6.87. The molecule has 0 spiro atoms. The third-order valence-corrected chi connectivity index (χ3v) is 10.4. The number of ether oxygens (including phenoxy) is 1. The first-order valence-electron chi connectivity index (χ1n) is 19.5. The smallest absolute Gasteiger partial charge is 0.410 e. The van der Waals surface area contributed by atoms with Crippen LogP contribution in [0.3, 0.4) is 0 Å². The highest BCUT2D eigenvalue weighted by Gasteiger charge is 2.39. The highest BCUT2D eigenvalue weighted by Crippen LogP contribution is 2.29. The average Bonchev–Trinajstić information content (AvgIpc) is 3.62. The SMILES string of the molecule is CN[C@@H](C)C(=O)N[C@H](C(=O)N1CCC[C@H]1CN(CCc1ccccc1)CCc1ccccc1)C1CCCCC1.C[C@@H](C(=O)O)N(C)C(=O)OC(C)(C)C. The number of aliphatic carboxylic acids is 1. The Bertz CT molecular complexity index is 1370. The van der Waals surface area contributed by atoms with Crippen LogP contribution in [0.5, 0.6) is 0 Å². The van der Waals surface area contributed by atoms with Crippen molar-refractivity contribution in [3.05, 3.63) is 71.8 Å². The lowest BCUT2D eigenvalue weighted by Crippen LogP contribution is -2.57. The van der Waals surface area contributed by atoms with E-state index in [1.165, 1.54) is 31.5 Å². The van der Waals surface area contributed by atoms with Gasteiger partial charge in [0.25, 0.3) is 0 Å². The molecule has 4 atom stereocenters. The van der Waals surface area contributed by atoms with Crippen LogP contribution >= 0.6 is 0 Å². The lowest BCUT2D eigenvalue weighted by atomic mass is 9.83. The quantitative estimate of drug-likeness (QED) is 0.211. The van der Waals surface area contributed by atoms with E-state index < -0.39 is 29.7 Å². The number of likely N-dealkylation sites (N-methyl/N-ethyl adjacent to an activating group) is 2. The van der Waals surface area contributed by atoms with Crippen molar-refractivity contribution in [1.29, 1.82) is 0 Å². The van der Waals surface area contributed by atoms with Crippen molar-refractivity contribution in [1.82, 2.24) is 25.3 Å². The van der Waals surface area contributed by atoms with Crippen LogP contribution in [0.4, 0.5) is 4.79 Å². The van der Waals surface area contributed by atoms with Gasteiger partial charge in [0.05, 0.1) is 6.04 Å². The maximum absolute atomic E-state index is 14.1.